The summed E-state index contributed by atoms with van der Waals surface area (Å²) in [5.74, 6) is 0.942. The fourth-order valence-corrected chi connectivity index (χ4v) is 3.96. The molecular weight excluding hydrogens is 348 g/mol. The zero-order valence-corrected chi connectivity index (χ0v) is 17.5. The SMILES string of the molecule is COc1cccc(N(C(=O)C(C)C)C2CCN(Cc3cccc(C)c3)CC2)c1. The van der Waals surface area contributed by atoms with Crippen LogP contribution in [0.4, 0.5) is 5.69 Å². The van der Waals surface area contributed by atoms with Crippen LogP contribution in [0.5, 0.6) is 5.75 Å². The first-order valence-electron chi connectivity index (χ1n) is 10.2. The molecule has 1 aliphatic rings. The number of benzene rings is 2. The fraction of sp³-hybridized carbons (Fsp3) is 0.458. The van der Waals surface area contributed by atoms with Crippen LogP contribution in [0.3, 0.4) is 0 Å². The summed E-state index contributed by atoms with van der Waals surface area (Å²) in [4.78, 5) is 17.5. The molecule has 150 valence electrons. The molecule has 1 heterocycles. The first kappa shape index (κ1) is 20.4. The maximum absolute atomic E-state index is 13.0. The van der Waals surface area contributed by atoms with Gasteiger partial charge in [-0.15, -0.1) is 0 Å². The molecule has 0 bridgehead atoms. The maximum atomic E-state index is 13.0. The standard InChI is InChI=1S/C24H32N2O2/c1-18(2)24(27)26(22-9-6-10-23(16-22)28-4)21-11-13-25(14-12-21)17-20-8-5-7-19(3)15-20/h5-10,15-16,18,21H,11-14,17H2,1-4H3. The predicted molar refractivity (Wildman–Crippen MR) is 115 cm³/mol. The van der Waals surface area contributed by atoms with Gasteiger partial charge in [-0.3, -0.25) is 9.69 Å². The van der Waals surface area contributed by atoms with Crippen LogP contribution in [0.15, 0.2) is 48.5 Å². The highest BCUT2D eigenvalue weighted by Gasteiger charge is 2.30. The van der Waals surface area contributed by atoms with Crippen LogP contribution in [-0.2, 0) is 11.3 Å². The van der Waals surface area contributed by atoms with Gasteiger partial charge in [0.2, 0.25) is 5.91 Å². The first-order valence-corrected chi connectivity index (χ1v) is 10.2. The molecule has 0 N–H and O–H groups in total. The van der Waals surface area contributed by atoms with Gasteiger partial charge in [0.1, 0.15) is 5.75 Å². The second kappa shape index (κ2) is 9.24. The molecule has 0 unspecified atom stereocenters. The van der Waals surface area contributed by atoms with Gasteiger partial charge in [0.15, 0.2) is 0 Å². The topological polar surface area (TPSA) is 32.8 Å². The molecule has 4 nitrogen and oxygen atoms in total. The van der Waals surface area contributed by atoms with E-state index in [-0.39, 0.29) is 17.9 Å². The van der Waals surface area contributed by atoms with E-state index in [2.05, 4.69) is 36.1 Å². The molecule has 28 heavy (non-hydrogen) atoms. The van der Waals surface area contributed by atoms with Crippen molar-refractivity contribution in [2.24, 2.45) is 5.92 Å². The number of likely N-dealkylation sites (tertiary alicyclic amines) is 1. The average molecular weight is 381 g/mol. The second-order valence-electron chi connectivity index (χ2n) is 8.06. The highest BCUT2D eigenvalue weighted by Crippen LogP contribution is 2.29. The average Bonchev–Trinajstić information content (AvgIpc) is 2.69. The van der Waals surface area contributed by atoms with Crippen molar-refractivity contribution < 1.29 is 9.53 Å². The van der Waals surface area contributed by atoms with Crippen LogP contribution in [0, 0.1) is 12.8 Å². The predicted octanol–water partition coefficient (Wildman–Crippen LogP) is 4.66. The zero-order valence-electron chi connectivity index (χ0n) is 17.5. The van der Waals surface area contributed by atoms with E-state index in [1.54, 1.807) is 7.11 Å². The van der Waals surface area contributed by atoms with Crippen molar-refractivity contribution in [2.45, 2.75) is 46.2 Å². The minimum absolute atomic E-state index is 0.0310. The molecule has 4 heteroatoms. The number of carbonyl (C=O) groups is 1. The molecule has 1 fully saturated rings. The number of aryl methyl sites for hydroxylation is 1. The molecule has 0 aromatic heterocycles. The summed E-state index contributed by atoms with van der Waals surface area (Å²) in [6.07, 6.45) is 1.98. The van der Waals surface area contributed by atoms with E-state index in [4.69, 9.17) is 4.74 Å². The lowest BCUT2D eigenvalue weighted by atomic mass is 9.99. The molecule has 0 atom stereocenters. The normalized spacial score (nSPS) is 15.6. The zero-order chi connectivity index (χ0) is 20.1. The Balaban J connectivity index is 1.71. The monoisotopic (exact) mass is 380 g/mol. The number of hydrogen-bond acceptors (Lipinski definition) is 3. The van der Waals surface area contributed by atoms with E-state index in [0.29, 0.717) is 0 Å². The quantitative estimate of drug-likeness (QED) is 0.731. The molecule has 1 aliphatic heterocycles. The molecular formula is C24H32N2O2. The van der Waals surface area contributed by atoms with Crippen molar-refractivity contribution in [1.29, 1.82) is 0 Å². The number of amides is 1. The van der Waals surface area contributed by atoms with Crippen molar-refractivity contribution >= 4 is 11.6 Å². The summed E-state index contributed by atoms with van der Waals surface area (Å²) in [6, 6.07) is 16.8. The van der Waals surface area contributed by atoms with Gasteiger partial charge in [0, 0.05) is 43.3 Å². The van der Waals surface area contributed by atoms with Crippen molar-refractivity contribution in [2.75, 3.05) is 25.1 Å². The third-order valence-corrected chi connectivity index (χ3v) is 5.47. The van der Waals surface area contributed by atoms with Crippen LogP contribution in [0.1, 0.15) is 37.8 Å². The molecule has 1 amide bonds. The number of methoxy groups -OCH3 is 1. The van der Waals surface area contributed by atoms with Gasteiger partial charge < -0.3 is 9.64 Å². The third kappa shape index (κ3) is 4.93. The Labute approximate surface area is 169 Å². The van der Waals surface area contributed by atoms with Gasteiger partial charge in [-0.2, -0.15) is 0 Å². The molecule has 3 rings (SSSR count). The van der Waals surface area contributed by atoms with Crippen molar-refractivity contribution in [3.63, 3.8) is 0 Å². The van der Waals surface area contributed by atoms with Crippen LogP contribution >= 0.6 is 0 Å². The van der Waals surface area contributed by atoms with Gasteiger partial charge in [-0.25, -0.2) is 0 Å². The van der Waals surface area contributed by atoms with E-state index < -0.39 is 0 Å². The second-order valence-corrected chi connectivity index (χ2v) is 8.06. The highest BCUT2D eigenvalue weighted by molar-refractivity contribution is 5.95. The number of piperidine rings is 1. The van der Waals surface area contributed by atoms with Crippen LogP contribution < -0.4 is 9.64 Å². The third-order valence-electron chi connectivity index (χ3n) is 5.47. The molecule has 2 aromatic rings. The molecule has 0 spiro atoms. The Hall–Kier alpha value is -2.33. The Morgan fingerprint density at radius 2 is 1.86 bits per heavy atom. The van der Waals surface area contributed by atoms with Crippen LogP contribution in [0.25, 0.3) is 0 Å². The van der Waals surface area contributed by atoms with E-state index in [9.17, 15) is 4.79 Å². The number of anilines is 1. The van der Waals surface area contributed by atoms with E-state index >= 15 is 0 Å². The highest BCUT2D eigenvalue weighted by atomic mass is 16.5. The molecule has 0 aliphatic carbocycles. The summed E-state index contributed by atoms with van der Waals surface area (Å²) in [5, 5.41) is 0. The summed E-state index contributed by atoms with van der Waals surface area (Å²) < 4.78 is 5.38. The summed E-state index contributed by atoms with van der Waals surface area (Å²) in [5.41, 5.74) is 3.61. The number of carbonyl (C=O) groups excluding carboxylic acids is 1. The molecule has 1 saturated heterocycles. The number of ether oxygens (including phenoxy) is 1. The summed E-state index contributed by atoms with van der Waals surface area (Å²) in [6.45, 7) is 9.07. The Kier molecular flexibility index (Phi) is 6.74. The lowest BCUT2D eigenvalue weighted by Crippen LogP contribution is -2.48. The number of rotatable bonds is 6. The molecule has 0 radical (unpaired) electrons. The van der Waals surface area contributed by atoms with Crippen molar-refractivity contribution in [1.82, 2.24) is 4.90 Å². The fourth-order valence-electron chi connectivity index (χ4n) is 3.96. The maximum Gasteiger partial charge on any atom is 0.229 e. The van der Waals surface area contributed by atoms with E-state index in [1.165, 1.54) is 11.1 Å². The van der Waals surface area contributed by atoms with Crippen LogP contribution in [-0.4, -0.2) is 37.0 Å². The minimum atomic E-state index is -0.0310. The minimum Gasteiger partial charge on any atom is -0.497 e. The van der Waals surface area contributed by atoms with Gasteiger partial charge in [-0.05, 0) is 37.5 Å². The largest absolute Gasteiger partial charge is 0.497 e. The molecule has 0 saturated carbocycles. The van der Waals surface area contributed by atoms with Crippen molar-refractivity contribution in [3.8, 4) is 5.75 Å². The molecule has 2 aromatic carbocycles. The first-order chi connectivity index (χ1) is 13.5. The van der Waals surface area contributed by atoms with Gasteiger partial charge >= 0.3 is 0 Å². The van der Waals surface area contributed by atoms with E-state index in [0.717, 1.165) is 43.9 Å². The summed E-state index contributed by atoms with van der Waals surface area (Å²) in [7, 11) is 1.66. The smallest absolute Gasteiger partial charge is 0.229 e. The lowest BCUT2D eigenvalue weighted by molar-refractivity contribution is -0.122. The Morgan fingerprint density at radius 1 is 1.14 bits per heavy atom. The van der Waals surface area contributed by atoms with Gasteiger partial charge in [0.05, 0.1) is 7.11 Å². The van der Waals surface area contributed by atoms with E-state index in [1.807, 2.05) is 43.0 Å². The Morgan fingerprint density at radius 3 is 2.50 bits per heavy atom. The van der Waals surface area contributed by atoms with Crippen LogP contribution in [0.2, 0.25) is 0 Å². The van der Waals surface area contributed by atoms with Crippen molar-refractivity contribution in [3.05, 3.63) is 59.7 Å². The number of nitrogens with zero attached hydrogens (tertiary/aromatic N) is 2. The Bertz CT molecular complexity index is 795. The number of hydrogen-bond donors (Lipinski definition) is 0. The lowest BCUT2D eigenvalue weighted by Gasteiger charge is -2.39. The summed E-state index contributed by atoms with van der Waals surface area (Å²) >= 11 is 0. The van der Waals surface area contributed by atoms with Gasteiger partial charge in [-0.1, -0.05) is 49.7 Å². The van der Waals surface area contributed by atoms with Gasteiger partial charge in [0.25, 0.3) is 0 Å².